The quantitative estimate of drug-likeness (QED) is 0.648. The SMILES string of the molecule is CC(C)C(N)C(=O)NCC1(O)CCCCCC1. The molecule has 1 aliphatic rings. The van der Waals surface area contributed by atoms with Gasteiger partial charge in [0.25, 0.3) is 0 Å². The average molecular weight is 242 g/mol. The second-order valence-corrected chi connectivity index (χ2v) is 5.63. The minimum absolute atomic E-state index is 0.124. The third-order valence-corrected chi connectivity index (χ3v) is 3.65. The molecule has 0 saturated heterocycles. The third kappa shape index (κ3) is 4.64. The fourth-order valence-corrected chi connectivity index (χ4v) is 2.24. The van der Waals surface area contributed by atoms with Crippen LogP contribution in [0.2, 0.25) is 0 Å². The van der Waals surface area contributed by atoms with Gasteiger partial charge in [-0.1, -0.05) is 39.5 Å². The maximum Gasteiger partial charge on any atom is 0.237 e. The Kier molecular flexibility index (Phi) is 5.40. The normalized spacial score (nSPS) is 21.9. The Morgan fingerprint density at radius 2 is 1.82 bits per heavy atom. The summed E-state index contributed by atoms with van der Waals surface area (Å²) in [7, 11) is 0. The Labute approximate surface area is 104 Å². The van der Waals surface area contributed by atoms with Crippen LogP contribution >= 0.6 is 0 Å². The molecule has 0 bridgehead atoms. The number of amides is 1. The summed E-state index contributed by atoms with van der Waals surface area (Å²) in [5.74, 6) is -0.0311. The van der Waals surface area contributed by atoms with Crippen molar-refractivity contribution >= 4 is 5.91 Å². The van der Waals surface area contributed by atoms with E-state index in [4.69, 9.17) is 5.73 Å². The zero-order valence-electron chi connectivity index (χ0n) is 11.0. The number of nitrogens with two attached hydrogens (primary N) is 1. The predicted molar refractivity (Wildman–Crippen MR) is 68.5 cm³/mol. The molecule has 100 valence electrons. The largest absolute Gasteiger partial charge is 0.388 e. The molecule has 0 aromatic carbocycles. The Morgan fingerprint density at radius 3 is 2.29 bits per heavy atom. The molecule has 0 radical (unpaired) electrons. The predicted octanol–water partition coefficient (Wildman–Crippen LogP) is 1.17. The van der Waals surface area contributed by atoms with Crippen LogP contribution in [0.25, 0.3) is 0 Å². The maximum atomic E-state index is 11.7. The minimum Gasteiger partial charge on any atom is -0.388 e. The van der Waals surface area contributed by atoms with E-state index in [-0.39, 0.29) is 11.8 Å². The van der Waals surface area contributed by atoms with Crippen molar-refractivity contribution in [3.63, 3.8) is 0 Å². The summed E-state index contributed by atoms with van der Waals surface area (Å²) < 4.78 is 0. The zero-order chi connectivity index (χ0) is 12.9. The van der Waals surface area contributed by atoms with E-state index in [1.165, 1.54) is 12.8 Å². The second-order valence-electron chi connectivity index (χ2n) is 5.63. The van der Waals surface area contributed by atoms with Crippen LogP contribution in [0.15, 0.2) is 0 Å². The first-order valence-corrected chi connectivity index (χ1v) is 6.70. The fourth-order valence-electron chi connectivity index (χ4n) is 2.24. The summed E-state index contributed by atoms with van der Waals surface area (Å²) >= 11 is 0. The van der Waals surface area contributed by atoms with Gasteiger partial charge in [-0.15, -0.1) is 0 Å². The topological polar surface area (TPSA) is 75.4 Å². The molecule has 1 unspecified atom stereocenters. The van der Waals surface area contributed by atoms with E-state index in [1.54, 1.807) is 0 Å². The zero-order valence-corrected chi connectivity index (χ0v) is 11.0. The van der Waals surface area contributed by atoms with E-state index in [2.05, 4.69) is 5.32 Å². The molecule has 0 aliphatic heterocycles. The summed E-state index contributed by atoms with van der Waals surface area (Å²) in [6.07, 6.45) is 6.02. The van der Waals surface area contributed by atoms with Crippen LogP contribution in [-0.2, 0) is 4.79 Å². The highest BCUT2D eigenvalue weighted by Gasteiger charge is 2.29. The van der Waals surface area contributed by atoms with Crippen molar-refractivity contribution in [2.24, 2.45) is 11.7 Å². The lowest BCUT2D eigenvalue weighted by molar-refractivity contribution is -0.124. The van der Waals surface area contributed by atoms with Crippen LogP contribution in [0.1, 0.15) is 52.4 Å². The Bertz CT molecular complexity index is 246. The summed E-state index contributed by atoms with van der Waals surface area (Å²) in [6, 6.07) is -0.482. The number of hydrogen-bond donors (Lipinski definition) is 3. The van der Waals surface area contributed by atoms with Gasteiger partial charge in [0.05, 0.1) is 11.6 Å². The van der Waals surface area contributed by atoms with Crippen LogP contribution in [0.4, 0.5) is 0 Å². The number of hydrogen-bond acceptors (Lipinski definition) is 3. The van der Waals surface area contributed by atoms with Crippen molar-refractivity contribution in [1.82, 2.24) is 5.32 Å². The van der Waals surface area contributed by atoms with Crippen molar-refractivity contribution in [2.45, 2.75) is 64.0 Å². The van der Waals surface area contributed by atoms with Gasteiger partial charge in [-0.05, 0) is 18.8 Å². The highest BCUT2D eigenvalue weighted by atomic mass is 16.3. The monoisotopic (exact) mass is 242 g/mol. The van der Waals surface area contributed by atoms with Gasteiger partial charge in [0.2, 0.25) is 5.91 Å². The van der Waals surface area contributed by atoms with Gasteiger partial charge in [-0.25, -0.2) is 0 Å². The van der Waals surface area contributed by atoms with Crippen molar-refractivity contribution in [1.29, 1.82) is 0 Å². The van der Waals surface area contributed by atoms with Crippen LogP contribution in [0.3, 0.4) is 0 Å². The summed E-state index contributed by atoms with van der Waals surface area (Å²) in [5, 5.41) is 13.2. The molecule has 1 fully saturated rings. The molecule has 4 heteroatoms. The van der Waals surface area contributed by atoms with E-state index < -0.39 is 11.6 Å². The molecular formula is C13H26N2O2. The molecular weight excluding hydrogens is 216 g/mol. The molecule has 1 rings (SSSR count). The Morgan fingerprint density at radius 1 is 1.29 bits per heavy atom. The standard InChI is InChI=1S/C13H26N2O2/c1-10(2)11(14)12(16)15-9-13(17)7-5-3-4-6-8-13/h10-11,17H,3-9,14H2,1-2H3,(H,15,16). The second kappa shape index (κ2) is 6.36. The van der Waals surface area contributed by atoms with Crippen LogP contribution < -0.4 is 11.1 Å². The summed E-state index contributed by atoms with van der Waals surface area (Å²) in [4.78, 5) is 11.7. The van der Waals surface area contributed by atoms with Crippen LogP contribution in [0.5, 0.6) is 0 Å². The number of carbonyl (C=O) groups excluding carboxylic acids is 1. The smallest absolute Gasteiger partial charge is 0.237 e. The van der Waals surface area contributed by atoms with Crippen LogP contribution in [0, 0.1) is 5.92 Å². The van der Waals surface area contributed by atoms with E-state index in [0.29, 0.717) is 6.54 Å². The Hall–Kier alpha value is -0.610. The number of nitrogens with one attached hydrogen (secondary N) is 1. The van der Waals surface area contributed by atoms with Gasteiger partial charge in [0, 0.05) is 6.54 Å². The molecule has 1 aliphatic carbocycles. The number of carbonyl (C=O) groups is 1. The average Bonchev–Trinajstić information content (AvgIpc) is 2.50. The lowest BCUT2D eigenvalue weighted by Gasteiger charge is -2.28. The van der Waals surface area contributed by atoms with E-state index in [0.717, 1.165) is 25.7 Å². The highest BCUT2D eigenvalue weighted by Crippen LogP contribution is 2.26. The molecule has 4 N–H and O–H groups in total. The molecule has 0 heterocycles. The molecule has 0 spiro atoms. The molecule has 1 atom stereocenters. The minimum atomic E-state index is -0.719. The van der Waals surface area contributed by atoms with Crippen molar-refractivity contribution in [3.05, 3.63) is 0 Å². The molecule has 4 nitrogen and oxygen atoms in total. The van der Waals surface area contributed by atoms with Gasteiger partial charge < -0.3 is 16.2 Å². The fraction of sp³-hybridized carbons (Fsp3) is 0.923. The van der Waals surface area contributed by atoms with Crippen molar-refractivity contribution in [3.8, 4) is 0 Å². The highest BCUT2D eigenvalue weighted by molar-refractivity contribution is 5.81. The van der Waals surface area contributed by atoms with Gasteiger partial charge >= 0.3 is 0 Å². The Balaban J connectivity index is 2.40. The van der Waals surface area contributed by atoms with Gasteiger partial charge in [-0.3, -0.25) is 4.79 Å². The first-order valence-electron chi connectivity index (χ1n) is 6.70. The van der Waals surface area contributed by atoms with Gasteiger partial charge in [0.1, 0.15) is 0 Å². The van der Waals surface area contributed by atoms with E-state index in [1.807, 2.05) is 13.8 Å². The molecule has 0 aromatic rings. The lowest BCUT2D eigenvalue weighted by atomic mass is 9.94. The van der Waals surface area contributed by atoms with Crippen LogP contribution in [-0.4, -0.2) is 29.2 Å². The number of rotatable bonds is 4. The summed E-state index contributed by atoms with van der Waals surface area (Å²) in [6.45, 7) is 4.18. The third-order valence-electron chi connectivity index (χ3n) is 3.65. The van der Waals surface area contributed by atoms with Gasteiger partial charge in [-0.2, -0.15) is 0 Å². The first kappa shape index (κ1) is 14.5. The molecule has 1 amide bonds. The summed E-state index contributed by atoms with van der Waals surface area (Å²) in [5.41, 5.74) is 5.04. The van der Waals surface area contributed by atoms with E-state index in [9.17, 15) is 9.90 Å². The lowest BCUT2D eigenvalue weighted by Crippen LogP contribution is -2.49. The maximum absolute atomic E-state index is 11.7. The first-order chi connectivity index (χ1) is 7.94. The van der Waals surface area contributed by atoms with Crippen molar-refractivity contribution in [2.75, 3.05) is 6.54 Å². The molecule has 1 saturated carbocycles. The van der Waals surface area contributed by atoms with Gasteiger partial charge in [0.15, 0.2) is 0 Å². The van der Waals surface area contributed by atoms with Crippen molar-refractivity contribution < 1.29 is 9.90 Å². The molecule has 17 heavy (non-hydrogen) atoms. The van der Waals surface area contributed by atoms with E-state index >= 15 is 0 Å². The number of aliphatic hydroxyl groups is 1. The molecule has 0 aromatic heterocycles.